The van der Waals surface area contributed by atoms with Crippen molar-refractivity contribution in [2.75, 3.05) is 0 Å². The average molecular weight is 214 g/mol. The predicted molar refractivity (Wildman–Crippen MR) is 59.0 cm³/mol. The summed E-state index contributed by atoms with van der Waals surface area (Å²) in [6.45, 7) is 3.60. The Morgan fingerprint density at radius 3 is 2.38 bits per heavy atom. The SMILES string of the molecule is Cc1nc2c(C#N)cn(C)c(=O)c2nc1C. The number of aryl methyl sites for hydroxylation is 3. The zero-order valence-corrected chi connectivity index (χ0v) is 9.27. The molecule has 5 heteroatoms. The van der Waals surface area contributed by atoms with Gasteiger partial charge in [-0.05, 0) is 13.8 Å². The minimum absolute atomic E-state index is 0.232. The third-order valence-electron chi connectivity index (χ3n) is 2.53. The number of nitriles is 1. The Labute approximate surface area is 92.0 Å². The molecule has 2 rings (SSSR count). The molecule has 0 saturated heterocycles. The molecule has 5 nitrogen and oxygen atoms in total. The van der Waals surface area contributed by atoms with Crippen molar-refractivity contribution in [1.29, 1.82) is 5.26 Å². The van der Waals surface area contributed by atoms with Gasteiger partial charge in [0.05, 0.1) is 17.0 Å². The van der Waals surface area contributed by atoms with E-state index >= 15 is 0 Å². The highest BCUT2D eigenvalue weighted by molar-refractivity contribution is 5.79. The highest BCUT2D eigenvalue weighted by Crippen LogP contribution is 2.12. The van der Waals surface area contributed by atoms with Crippen LogP contribution in [-0.2, 0) is 7.05 Å². The van der Waals surface area contributed by atoms with Crippen LogP contribution in [0.2, 0.25) is 0 Å². The lowest BCUT2D eigenvalue weighted by molar-refractivity contribution is 0.861. The first-order valence-electron chi connectivity index (χ1n) is 4.79. The van der Waals surface area contributed by atoms with Crippen LogP contribution in [0.5, 0.6) is 0 Å². The van der Waals surface area contributed by atoms with Gasteiger partial charge >= 0.3 is 0 Å². The maximum atomic E-state index is 11.8. The molecule has 0 fully saturated rings. The number of pyridine rings is 1. The number of hydrogen-bond acceptors (Lipinski definition) is 4. The molecule has 16 heavy (non-hydrogen) atoms. The molecule has 0 aliphatic carbocycles. The highest BCUT2D eigenvalue weighted by atomic mass is 16.1. The van der Waals surface area contributed by atoms with Crippen molar-refractivity contribution >= 4 is 11.0 Å². The monoisotopic (exact) mass is 214 g/mol. The minimum Gasteiger partial charge on any atom is -0.315 e. The van der Waals surface area contributed by atoms with E-state index in [0.29, 0.717) is 16.8 Å². The summed E-state index contributed by atoms with van der Waals surface area (Å²) in [5.41, 5.74) is 2.22. The van der Waals surface area contributed by atoms with E-state index in [1.807, 2.05) is 6.07 Å². The maximum absolute atomic E-state index is 11.8. The largest absolute Gasteiger partial charge is 0.315 e. The van der Waals surface area contributed by atoms with Gasteiger partial charge in [-0.25, -0.2) is 9.97 Å². The second kappa shape index (κ2) is 3.42. The van der Waals surface area contributed by atoms with Gasteiger partial charge < -0.3 is 4.57 Å². The summed E-state index contributed by atoms with van der Waals surface area (Å²) in [5, 5.41) is 8.98. The molecule has 2 aromatic heterocycles. The van der Waals surface area contributed by atoms with Gasteiger partial charge in [-0.15, -0.1) is 0 Å². The molecule has 0 aliphatic rings. The molecular formula is C11H10N4O. The standard InChI is InChI=1S/C11H10N4O/c1-6-7(2)14-10-9(13-6)8(4-12)5-15(3)11(10)16/h5H,1-3H3. The number of rotatable bonds is 0. The molecule has 80 valence electrons. The van der Waals surface area contributed by atoms with Crippen molar-refractivity contribution in [3.8, 4) is 6.07 Å². The maximum Gasteiger partial charge on any atom is 0.278 e. The molecule has 0 saturated carbocycles. The molecule has 0 radical (unpaired) electrons. The van der Waals surface area contributed by atoms with Gasteiger partial charge in [0.15, 0.2) is 5.52 Å². The Bertz CT molecular complexity index is 679. The van der Waals surface area contributed by atoms with Crippen LogP contribution in [0, 0.1) is 25.2 Å². The normalized spacial score (nSPS) is 10.4. The molecule has 0 spiro atoms. The molecule has 0 N–H and O–H groups in total. The van der Waals surface area contributed by atoms with E-state index < -0.39 is 0 Å². The highest BCUT2D eigenvalue weighted by Gasteiger charge is 2.11. The van der Waals surface area contributed by atoms with Crippen LogP contribution in [0.4, 0.5) is 0 Å². The Kier molecular flexibility index (Phi) is 2.20. The van der Waals surface area contributed by atoms with Crippen molar-refractivity contribution in [3.63, 3.8) is 0 Å². The summed E-state index contributed by atoms with van der Waals surface area (Å²) in [6.07, 6.45) is 1.48. The smallest absolute Gasteiger partial charge is 0.278 e. The molecule has 0 aromatic carbocycles. The van der Waals surface area contributed by atoms with E-state index in [0.717, 1.165) is 5.69 Å². The summed E-state index contributed by atoms with van der Waals surface area (Å²) in [5.74, 6) is 0. The van der Waals surface area contributed by atoms with Gasteiger partial charge in [-0.2, -0.15) is 5.26 Å². The van der Waals surface area contributed by atoms with Crippen molar-refractivity contribution < 1.29 is 0 Å². The van der Waals surface area contributed by atoms with Crippen LogP contribution in [0.3, 0.4) is 0 Å². The van der Waals surface area contributed by atoms with E-state index in [1.54, 1.807) is 20.9 Å². The van der Waals surface area contributed by atoms with Crippen LogP contribution in [-0.4, -0.2) is 14.5 Å². The molecule has 0 bridgehead atoms. The van der Waals surface area contributed by atoms with Crippen LogP contribution in [0.25, 0.3) is 11.0 Å². The molecule has 2 aromatic rings. The third kappa shape index (κ3) is 1.36. The van der Waals surface area contributed by atoms with Gasteiger partial charge in [0.2, 0.25) is 0 Å². The summed E-state index contributed by atoms with van der Waals surface area (Å²) in [4.78, 5) is 20.3. The quantitative estimate of drug-likeness (QED) is 0.650. The average Bonchev–Trinajstić information content (AvgIpc) is 2.26. The number of nitrogens with zero attached hydrogens (tertiary/aromatic N) is 4. The summed E-state index contributed by atoms with van der Waals surface area (Å²) >= 11 is 0. The van der Waals surface area contributed by atoms with E-state index in [1.165, 1.54) is 10.8 Å². The predicted octanol–water partition coefficient (Wildman–Crippen LogP) is 0.817. The van der Waals surface area contributed by atoms with Crippen molar-refractivity contribution in [3.05, 3.63) is 33.5 Å². The lowest BCUT2D eigenvalue weighted by Gasteiger charge is -2.05. The second-order valence-corrected chi connectivity index (χ2v) is 3.66. The Hall–Kier alpha value is -2.22. The number of aromatic nitrogens is 3. The van der Waals surface area contributed by atoms with E-state index in [-0.39, 0.29) is 11.1 Å². The van der Waals surface area contributed by atoms with Crippen molar-refractivity contribution in [2.24, 2.45) is 7.05 Å². The van der Waals surface area contributed by atoms with Gasteiger partial charge in [0.1, 0.15) is 11.6 Å². The van der Waals surface area contributed by atoms with E-state index in [2.05, 4.69) is 9.97 Å². The molecule has 0 amide bonds. The number of fused-ring (bicyclic) bond motifs is 1. The molecule has 0 atom stereocenters. The lowest BCUT2D eigenvalue weighted by atomic mass is 10.2. The minimum atomic E-state index is -0.232. The topological polar surface area (TPSA) is 71.6 Å². The van der Waals surface area contributed by atoms with E-state index in [9.17, 15) is 4.79 Å². The van der Waals surface area contributed by atoms with Crippen LogP contribution >= 0.6 is 0 Å². The van der Waals surface area contributed by atoms with Crippen molar-refractivity contribution in [1.82, 2.24) is 14.5 Å². The Balaban J connectivity index is 3.07. The Morgan fingerprint density at radius 1 is 1.25 bits per heavy atom. The molecular weight excluding hydrogens is 204 g/mol. The summed E-state index contributed by atoms with van der Waals surface area (Å²) in [7, 11) is 1.60. The molecule has 0 aliphatic heterocycles. The first kappa shape index (κ1) is 10.3. The first-order valence-corrected chi connectivity index (χ1v) is 4.79. The number of hydrogen-bond donors (Lipinski definition) is 0. The van der Waals surface area contributed by atoms with Crippen LogP contribution in [0.1, 0.15) is 17.0 Å². The first-order chi connectivity index (χ1) is 7.54. The van der Waals surface area contributed by atoms with Gasteiger partial charge in [-0.1, -0.05) is 0 Å². The zero-order valence-electron chi connectivity index (χ0n) is 9.27. The lowest BCUT2D eigenvalue weighted by Crippen LogP contribution is -2.19. The second-order valence-electron chi connectivity index (χ2n) is 3.66. The molecule has 0 unspecified atom stereocenters. The molecule has 2 heterocycles. The fourth-order valence-corrected chi connectivity index (χ4v) is 1.50. The summed E-state index contributed by atoms with van der Waals surface area (Å²) < 4.78 is 1.35. The van der Waals surface area contributed by atoms with Gasteiger partial charge in [-0.3, -0.25) is 4.79 Å². The van der Waals surface area contributed by atoms with E-state index in [4.69, 9.17) is 5.26 Å². The summed E-state index contributed by atoms with van der Waals surface area (Å²) in [6, 6.07) is 2.02. The van der Waals surface area contributed by atoms with Crippen LogP contribution in [0.15, 0.2) is 11.0 Å². The van der Waals surface area contributed by atoms with Gasteiger partial charge in [0, 0.05) is 13.2 Å². The Morgan fingerprint density at radius 2 is 1.81 bits per heavy atom. The fraction of sp³-hybridized carbons (Fsp3) is 0.273. The van der Waals surface area contributed by atoms with Gasteiger partial charge in [0.25, 0.3) is 5.56 Å². The zero-order chi connectivity index (χ0) is 11.9. The van der Waals surface area contributed by atoms with Crippen molar-refractivity contribution in [2.45, 2.75) is 13.8 Å². The third-order valence-corrected chi connectivity index (χ3v) is 2.53. The van der Waals surface area contributed by atoms with Crippen LogP contribution < -0.4 is 5.56 Å². The fourth-order valence-electron chi connectivity index (χ4n) is 1.50.